The lowest BCUT2D eigenvalue weighted by Gasteiger charge is -2.11. The Bertz CT molecular complexity index is 632. The summed E-state index contributed by atoms with van der Waals surface area (Å²) in [4.78, 5) is 11.7. The van der Waals surface area contributed by atoms with Gasteiger partial charge in [0.2, 0.25) is 0 Å². The largest absolute Gasteiger partial charge is 0.493 e. The molecule has 6 heteroatoms. The molecule has 0 heterocycles. The zero-order chi connectivity index (χ0) is 16.5. The van der Waals surface area contributed by atoms with Gasteiger partial charge in [-0.15, -0.1) is 0 Å². The van der Waals surface area contributed by atoms with Crippen molar-refractivity contribution in [3.8, 4) is 11.5 Å². The van der Waals surface area contributed by atoms with Crippen molar-refractivity contribution in [2.75, 3.05) is 20.4 Å². The van der Waals surface area contributed by atoms with Crippen molar-refractivity contribution >= 4 is 22.0 Å². The summed E-state index contributed by atoms with van der Waals surface area (Å²) in [6.45, 7) is 0.632. The average Bonchev–Trinajstić information content (AvgIpc) is 2.57. The molecule has 5 nitrogen and oxygen atoms in total. The number of methoxy groups -OCH3 is 1. The van der Waals surface area contributed by atoms with E-state index >= 15 is 0 Å². The second-order valence-electron chi connectivity index (χ2n) is 4.75. The van der Waals surface area contributed by atoms with Gasteiger partial charge in [-0.1, -0.05) is 40.2 Å². The Hall–Kier alpha value is -2.21. The molecule has 2 N–H and O–H groups in total. The van der Waals surface area contributed by atoms with Crippen LogP contribution >= 0.6 is 15.9 Å². The van der Waals surface area contributed by atoms with Crippen molar-refractivity contribution in [1.29, 1.82) is 0 Å². The molecule has 0 aromatic heterocycles. The molecule has 0 unspecified atom stereocenters. The lowest BCUT2D eigenvalue weighted by molar-refractivity contribution is 0.221. The fourth-order valence-electron chi connectivity index (χ4n) is 1.95. The van der Waals surface area contributed by atoms with Crippen LogP contribution in [0, 0.1) is 0 Å². The first-order valence-electron chi connectivity index (χ1n) is 7.21. The second kappa shape index (κ2) is 9.05. The van der Waals surface area contributed by atoms with E-state index < -0.39 is 0 Å². The molecule has 0 saturated heterocycles. The van der Waals surface area contributed by atoms with E-state index in [-0.39, 0.29) is 12.8 Å². The minimum absolute atomic E-state index is 0.0739. The number of rotatable bonds is 7. The van der Waals surface area contributed by atoms with Gasteiger partial charge in [-0.2, -0.15) is 0 Å². The van der Waals surface area contributed by atoms with Gasteiger partial charge < -0.3 is 20.1 Å². The SMILES string of the molecule is COc1ccccc1OCNC(=O)NCCc1ccc(Br)cc1. The second-order valence-corrected chi connectivity index (χ2v) is 5.66. The molecule has 23 heavy (non-hydrogen) atoms. The third kappa shape index (κ3) is 5.83. The van der Waals surface area contributed by atoms with Gasteiger partial charge in [0.05, 0.1) is 7.11 Å². The first-order chi connectivity index (χ1) is 11.2. The molecular weight excluding hydrogens is 360 g/mol. The zero-order valence-corrected chi connectivity index (χ0v) is 14.4. The highest BCUT2D eigenvalue weighted by molar-refractivity contribution is 9.10. The standard InChI is InChI=1S/C17H19BrN2O3/c1-22-15-4-2-3-5-16(15)23-12-20-17(21)19-11-10-13-6-8-14(18)9-7-13/h2-9H,10-12H2,1H3,(H2,19,20,21). The summed E-state index contributed by atoms with van der Waals surface area (Å²) < 4.78 is 11.7. The molecule has 0 fully saturated rings. The van der Waals surface area contributed by atoms with Crippen molar-refractivity contribution in [1.82, 2.24) is 10.6 Å². The van der Waals surface area contributed by atoms with Crippen LogP contribution in [0.1, 0.15) is 5.56 Å². The van der Waals surface area contributed by atoms with Crippen LogP contribution in [0.2, 0.25) is 0 Å². The number of hydrogen-bond donors (Lipinski definition) is 2. The molecule has 0 bridgehead atoms. The van der Waals surface area contributed by atoms with Gasteiger partial charge in [0.25, 0.3) is 0 Å². The highest BCUT2D eigenvalue weighted by Crippen LogP contribution is 2.25. The first-order valence-corrected chi connectivity index (χ1v) is 8.00. The van der Waals surface area contributed by atoms with Crippen molar-refractivity contribution < 1.29 is 14.3 Å². The molecule has 0 spiro atoms. The van der Waals surface area contributed by atoms with Crippen LogP contribution in [-0.4, -0.2) is 26.4 Å². The quantitative estimate of drug-likeness (QED) is 0.726. The lowest BCUT2D eigenvalue weighted by Crippen LogP contribution is -2.38. The molecule has 0 saturated carbocycles. The van der Waals surface area contributed by atoms with Crippen molar-refractivity contribution in [2.24, 2.45) is 0 Å². The molecule has 2 amide bonds. The molecule has 2 aromatic carbocycles. The zero-order valence-electron chi connectivity index (χ0n) is 12.8. The van der Waals surface area contributed by atoms with E-state index in [9.17, 15) is 4.79 Å². The molecule has 2 rings (SSSR count). The first kappa shape index (κ1) is 17.1. The smallest absolute Gasteiger partial charge is 0.317 e. The van der Waals surface area contributed by atoms with Gasteiger partial charge >= 0.3 is 6.03 Å². The maximum absolute atomic E-state index is 11.7. The Kier molecular flexibility index (Phi) is 6.75. The van der Waals surface area contributed by atoms with Crippen LogP contribution < -0.4 is 20.1 Å². The highest BCUT2D eigenvalue weighted by Gasteiger charge is 2.04. The fourth-order valence-corrected chi connectivity index (χ4v) is 2.22. The van der Waals surface area contributed by atoms with Crippen LogP contribution in [0.3, 0.4) is 0 Å². The minimum atomic E-state index is -0.267. The molecule has 0 atom stereocenters. The Morgan fingerprint density at radius 2 is 1.74 bits per heavy atom. The van der Waals surface area contributed by atoms with E-state index in [1.807, 2.05) is 36.4 Å². The van der Waals surface area contributed by atoms with E-state index in [0.717, 1.165) is 10.9 Å². The normalized spacial score (nSPS) is 10.0. The predicted octanol–water partition coefficient (Wildman–Crippen LogP) is 3.34. The van der Waals surface area contributed by atoms with Gasteiger partial charge in [0.1, 0.15) is 0 Å². The summed E-state index contributed by atoms with van der Waals surface area (Å²) in [6.07, 6.45) is 0.772. The van der Waals surface area contributed by atoms with Gasteiger partial charge in [0.15, 0.2) is 18.2 Å². The van der Waals surface area contributed by atoms with Crippen molar-refractivity contribution in [3.63, 3.8) is 0 Å². The number of carbonyl (C=O) groups excluding carboxylic acids is 1. The van der Waals surface area contributed by atoms with Crippen LogP contribution in [0.4, 0.5) is 4.79 Å². The number of urea groups is 1. The van der Waals surface area contributed by atoms with E-state index in [4.69, 9.17) is 9.47 Å². The molecule has 0 aliphatic heterocycles. The topological polar surface area (TPSA) is 59.6 Å². The summed E-state index contributed by atoms with van der Waals surface area (Å²) >= 11 is 3.39. The maximum Gasteiger partial charge on any atom is 0.317 e. The van der Waals surface area contributed by atoms with E-state index in [0.29, 0.717) is 18.0 Å². The van der Waals surface area contributed by atoms with E-state index in [2.05, 4.69) is 26.6 Å². The van der Waals surface area contributed by atoms with Crippen LogP contribution in [0.15, 0.2) is 53.0 Å². The number of halogens is 1. The molecular formula is C17H19BrN2O3. The van der Waals surface area contributed by atoms with E-state index in [1.54, 1.807) is 19.2 Å². The Morgan fingerprint density at radius 1 is 1.04 bits per heavy atom. The Balaban J connectivity index is 1.66. The third-order valence-corrected chi connectivity index (χ3v) is 3.67. The van der Waals surface area contributed by atoms with Gasteiger partial charge in [0, 0.05) is 11.0 Å². The Labute approximate surface area is 144 Å². The minimum Gasteiger partial charge on any atom is -0.493 e. The third-order valence-electron chi connectivity index (χ3n) is 3.14. The van der Waals surface area contributed by atoms with Gasteiger partial charge in [-0.05, 0) is 36.2 Å². The number of ether oxygens (including phenoxy) is 2. The number of carbonyl (C=O) groups is 1. The van der Waals surface area contributed by atoms with Crippen molar-refractivity contribution in [3.05, 3.63) is 58.6 Å². The maximum atomic E-state index is 11.7. The molecule has 0 aliphatic rings. The summed E-state index contributed by atoms with van der Waals surface area (Å²) in [5.41, 5.74) is 1.17. The van der Waals surface area contributed by atoms with Crippen molar-refractivity contribution in [2.45, 2.75) is 6.42 Å². The average molecular weight is 379 g/mol. The summed E-state index contributed by atoms with van der Waals surface area (Å²) in [5, 5.41) is 5.43. The van der Waals surface area contributed by atoms with Gasteiger partial charge in [-0.3, -0.25) is 0 Å². The van der Waals surface area contributed by atoms with Crippen LogP contribution in [-0.2, 0) is 6.42 Å². The monoisotopic (exact) mass is 378 g/mol. The molecule has 0 radical (unpaired) electrons. The number of amides is 2. The van der Waals surface area contributed by atoms with Crippen LogP contribution in [0.5, 0.6) is 11.5 Å². The number of hydrogen-bond acceptors (Lipinski definition) is 3. The number of nitrogens with one attached hydrogen (secondary N) is 2. The lowest BCUT2D eigenvalue weighted by atomic mass is 10.1. The summed E-state index contributed by atoms with van der Waals surface area (Å²) in [5.74, 6) is 1.22. The van der Waals surface area contributed by atoms with E-state index in [1.165, 1.54) is 5.56 Å². The predicted molar refractivity (Wildman–Crippen MR) is 92.9 cm³/mol. The summed E-state index contributed by atoms with van der Waals surface area (Å²) in [6, 6.07) is 15.0. The fraction of sp³-hybridized carbons (Fsp3) is 0.235. The Morgan fingerprint density at radius 3 is 2.43 bits per heavy atom. The number of benzene rings is 2. The molecule has 122 valence electrons. The molecule has 0 aliphatic carbocycles. The molecule has 2 aromatic rings. The number of para-hydroxylation sites is 2. The summed E-state index contributed by atoms with van der Waals surface area (Å²) in [7, 11) is 1.57. The van der Waals surface area contributed by atoms with Crippen LogP contribution in [0.25, 0.3) is 0 Å². The highest BCUT2D eigenvalue weighted by atomic mass is 79.9. The van der Waals surface area contributed by atoms with Gasteiger partial charge in [-0.25, -0.2) is 4.79 Å².